The maximum atomic E-state index is 11.7. The number of carbonyl (C=O) groups excluding carboxylic acids is 1. The Bertz CT molecular complexity index is 500. The zero-order chi connectivity index (χ0) is 14.1. The average Bonchev–Trinajstić information content (AvgIpc) is 2.25. The smallest absolute Gasteiger partial charge is 0.377 e. The summed E-state index contributed by atoms with van der Waals surface area (Å²) in [7, 11) is 1.40. The van der Waals surface area contributed by atoms with Crippen LogP contribution in [-0.2, 0) is 10.2 Å². The lowest BCUT2D eigenvalue weighted by molar-refractivity contribution is -0.131. The maximum absolute atomic E-state index is 11.7. The van der Waals surface area contributed by atoms with E-state index in [0.717, 1.165) is 5.56 Å². The first kappa shape index (κ1) is 14.7. The molecule has 0 unspecified atom stereocenters. The Hall–Kier alpha value is -1.36. The Morgan fingerprint density at radius 3 is 2.22 bits per heavy atom. The van der Waals surface area contributed by atoms with Gasteiger partial charge in [0.2, 0.25) is 0 Å². The highest BCUT2D eigenvalue weighted by Gasteiger charge is 2.25. The number of aliphatic carboxylic acids is 1. The van der Waals surface area contributed by atoms with Crippen molar-refractivity contribution in [3.63, 3.8) is 0 Å². The number of ketones is 1. The van der Waals surface area contributed by atoms with Crippen molar-refractivity contribution in [3.8, 4) is 5.75 Å². The van der Waals surface area contributed by atoms with Crippen molar-refractivity contribution in [3.05, 3.63) is 27.7 Å². The van der Waals surface area contributed by atoms with Crippen molar-refractivity contribution >= 4 is 27.7 Å². The second-order valence-electron chi connectivity index (χ2n) is 4.92. The zero-order valence-corrected chi connectivity index (χ0v) is 12.3. The monoisotopic (exact) mass is 314 g/mol. The molecule has 0 aromatic heterocycles. The summed E-state index contributed by atoms with van der Waals surface area (Å²) < 4.78 is 5.66. The zero-order valence-electron chi connectivity index (χ0n) is 10.7. The van der Waals surface area contributed by atoms with Crippen molar-refractivity contribution in [2.24, 2.45) is 0 Å². The minimum atomic E-state index is -1.49. The molecule has 1 rings (SSSR count). The van der Waals surface area contributed by atoms with E-state index < -0.39 is 11.8 Å². The fourth-order valence-corrected chi connectivity index (χ4v) is 2.14. The fraction of sp³-hybridized carbons (Fsp3) is 0.385. The molecular weight excluding hydrogens is 300 g/mol. The van der Waals surface area contributed by atoms with Crippen molar-refractivity contribution in [2.45, 2.75) is 26.2 Å². The first-order valence-electron chi connectivity index (χ1n) is 5.34. The van der Waals surface area contributed by atoms with Gasteiger partial charge in [-0.15, -0.1) is 0 Å². The van der Waals surface area contributed by atoms with Crippen LogP contribution in [0.2, 0.25) is 0 Å². The number of hydrogen-bond donors (Lipinski definition) is 1. The topological polar surface area (TPSA) is 63.6 Å². The Labute approximate surface area is 114 Å². The van der Waals surface area contributed by atoms with Crippen LogP contribution in [0.15, 0.2) is 16.6 Å². The highest BCUT2D eigenvalue weighted by atomic mass is 79.9. The van der Waals surface area contributed by atoms with E-state index in [-0.39, 0.29) is 16.7 Å². The van der Waals surface area contributed by atoms with Crippen LogP contribution in [0.3, 0.4) is 0 Å². The molecule has 0 aliphatic carbocycles. The number of halogens is 1. The third kappa shape index (κ3) is 2.90. The first-order valence-corrected chi connectivity index (χ1v) is 6.13. The fourth-order valence-electron chi connectivity index (χ4n) is 1.52. The number of benzene rings is 1. The molecule has 0 radical (unpaired) electrons. The number of Topliss-reactive ketones (excluding diaryl/α,β-unsaturated/α-hetero) is 1. The number of rotatable bonds is 3. The van der Waals surface area contributed by atoms with Gasteiger partial charge in [-0.05, 0) is 39.0 Å². The van der Waals surface area contributed by atoms with Gasteiger partial charge in [0.25, 0.3) is 5.78 Å². The molecule has 18 heavy (non-hydrogen) atoms. The largest absolute Gasteiger partial charge is 0.495 e. The van der Waals surface area contributed by atoms with Crippen molar-refractivity contribution in [2.75, 3.05) is 7.11 Å². The summed E-state index contributed by atoms with van der Waals surface area (Å²) in [6, 6.07) is 3.40. The van der Waals surface area contributed by atoms with Gasteiger partial charge in [-0.2, -0.15) is 0 Å². The Morgan fingerprint density at radius 1 is 1.28 bits per heavy atom. The van der Waals surface area contributed by atoms with Crippen LogP contribution in [0.4, 0.5) is 0 Å². The van der Waals surface area contributed by atoms with Crippen LogP contribution in [-0.4, -0.2) is 24.0 Å². The number of carboxylic acids is 1. The molecule has 0 aliphatic heterocycles. The highest BCUT2D eigenvalue weighted by Crippen LogP contribution is 2.35. The van der Waals surface area contributed by atoms with E-state index >= 15 is 0 Å². The lowest BCUT2D eigenvalue weighted by Crippen LogP contribution is -2.17. The molecule has 0 spiro atoms. The molecule has 0 aliphatic rings. The molecule has 0 heterocycles. The van der Waals surface area contributed by atoms with Crippen LogP contribution in [0, 0.1) is 0 Å². The summed E-state index contributed by atoms with van der Waals surface area (Å²) >= 11 is 3.30. The second kappa shape index (κ2) is 5.10. The third-order valence-electron chi connectivity index (χ3n) is 2.55. The summed E-state index contributed by atoms with van der Waals surface area (Å²) in [6.07, 6.45) is 0. The summed E-state index contributed by atoms with van der Waals surface area (Å²) in [5.41, 5.74) is 0.728. The predicted molar refractivity (Wildman–Crippen MR) is 71.4 cm³/mol. The third-order valence-corrected chi connectivity index (χ3v) is 3.14. The average molecular weight is 315 g/mol. The van der Waals surface area contributed by atoms with Crippen LogP contribution in [0.5, 0.6) is 5.75 Å². The number of carbonyl (C=O) groups is 2. The molecule has 5 heteroatoms. The SMILES string of the molecule is COc1c(Br)cc(C(C)(C)C)cc1C(=O)C(=O)O. The quantitative estimate of drug-likeness (QED) is 0.688. The summed E-state index contributed by atoms with van der Waals surface area (Å²) in [5, 5.41) is 8.82. The van der Waals surface area contributed by atoms with Gasteiger partial charge >= 0.3 is 5.97 Å². The minimum Gasteiger partial charge on any atom is -0.495 e. The lowest BCUT2D eigenvalue weighted by atomic mass is 9.85. The molecular formula is C13H15BrO4. The number of carboxylic acid groups (broad SMARTS) is 1. The summed E-state index contributed by atoms with van der Waals surface area (Å²) in [4.78, 5) is 22.5. The molecule has 0 atom stereocenters. The Morgan fingerprint density at radius 2 is 1.83 bits per heavy atom. The molecule has 0 saturated heterocycles. The Kier molecular flexibility index (Phi) is 4.16. The predicted octanol–water partition coefficient (Wildman–Crippen LogP) is 3.02. The molecule has 4 nitrogen and oxygen atoms in total. The van der Waals surface area contributed by atoms with Crippen LogP contribution < -0.4 is 4.74 Å². The van der Waals surface area contributed by atoms with E-state index in [9.17, 15) is 9.59 Å². The lowest BCUT2D eigenvalue weighted by Gasteiger charge is -2.21. The van der Waals surface area contributed by atoms with Gasteiger partial charge in [-0.25, -0.2) is 4.79 Å². The molecule has 1 N–H and O–H groups in total. The van der Waals surface area contributed by atoms with E-state index in [1.54, 1.807) is 6.07 Å². The molecule has 1 aromatic rings. The normalized spacial score (nSPS) is 11.2. The van der Waals surface area contributed by atoms with Crippen LogP contribution in [0.1, 0.15) is 36.7 Å². The van der Waals surface area contributed by atoms with Crippen molar-refractivity contribution in [1.29, 1.82) is 0 Å². The number of ether oxygens (including phenoxy) is 1. The van der Waals surface area contributed by atoms with Gasteiger partial charge in [0.05, 0.1) is 17.1 Å². The van der Waals surface area contributed by atoms with E-state index in [1.165, 1.54) is 7.11 Å². The van der Waals surface area contributed by atoms with Gasteiger partial charge in [0.1, 0.15) is 5.75 Å². The van der Waals surface area contributed by atoms with Gasteiger partial charge in [0.15, 0.2) is 0 Å². The summed E-state index contributed by atoms with van der Waals surface area (Å²) in [5.74, 6) is -2.22. The highest BCUT2D eigenvalue weighted by molar-refractivity contribution is 9.10. The molecule has 1 aromatic carbocycles. The first-order chi connectivity index (χ1) is 8.18. The molecule has 0 fully saturated rings. The van der Waals surface area contributed by atoms with Crippen LogP contribution in [0.25, 0.3) is 0 Å². The van der Waals surface area contributed by atoms with Gasteiger partial charge in [-0.1, -0.05) is 20.8 Å². The van der Waals surface area contributed by atoms with Crippen molar-refractivity contribution in [1.82, 2.24) is 0 Å². The summed E-state index contributed by atoms with van der Waals surface area (Å²) in [6.45, 7) is 5.95. The van der Waals surface area contributed by atoms with E-state index in [4.69, 9.17) is 9.84 Å². The van der Waals surface area contributed by atoms with E-state index in [1.807, 2.05) is 26.8 Å². The molecule has 98 valence electrons. The number of hydrogen-bond acceptors (Lipinski definition) is 3. The number of methoxy groups -OCH3 is 1. The van der Waals surface area contributed by atoms with Gasteiger partial charge < -0.3 is 9.84 Å². The maximum Gasteiger partial charge on any atom is 0.377 e. The molecule has 0 amide bonds. The van der Waals surface area contributed by atoms with Crippen LogP contribution >= 0.6 is 15.9 Å². The Balaban J connectivity index is 3.52. The molecule has 0 bridgehead atoms. The van der Waals surface area contributed by atoms with Gasteiger partial charge in [0, 0.05) is 0 Å². The van der Waals surface area contributed by atoms with E-state index in [0.29, 0.717) is 4.47 Å². The van der Waals surface area contributed by atoms with Crippen molar-refractivity contribution < 1.29 is 19.4 Å². The second-order valence-corrected chi connectivity index (χ2v) is 5.78. The minimum absolute atomic E-state index is 0.0595. The standard InChI is InChI=1S/C13H15BrO4/c1-13(2,3)7-5-8(10(15)12(16)17)11(18-4)9(14)6-7/h5-6H,1-4H3,(H,16,17). The van der Waals surface area contributed by atoms with E-state index in [2.05, 4.69) is 15.9 Å². The molecule has 0 saturated carbocycles. The van der Waals surface area contributed by atoms with Gasteiger partial charge in [-0.3, -0.25) is 4.79 Å².